The summed E-state index contributed by atoms with van der Waals surface area (Å²) in [4.78, 5) is 16.8. The first-order valence-electron chi connectivity index (χ1n) is 8.86. The molecule has 1 N–H and O–H groups in total. The van der Waals surface area contributed by atoms with E-state index in [2.05, 4.69) is 15.5 Å². The molecule has 0 aliphatic rings. The lowest BCUT2D eigenvalue weighted by Gasteiger charge is -2.06. The van der Waals surface area contributed by atoms with Crippen LogP contribution in [0, 0.1) is 13.8 Å². The lowest BCUT2D eigenvalue weighted by molar-refractivity contribution is -0.116. The number of hydrogen-bond acceptors (Lipinski definition) is 4. The molecule has 4 aromatic rings. The van der Waals surface area contributed by atoms with E-state index in [0.29, 0.717) is 12.8 Å². The maximum atomic E-state index is 12.2. The Morgan fingerprint density at radius 1 is 1.15 bits per heavy atom. The number of nitrogens with zero attached hydrogens (tertiary/aromatic N) is 3. The maximum absolute atomic E-state index is 12.2. The van der Waals surface area contributed by atoms with Crippen molar-refractivity contribution in [2.75, 3.05) is 5.32 Å². The van der Waals surface area contributed by atoms with Crippen molar-refractivity contribution in [3.8, 4) is 11.3 Å². The average molecular weight is 360 g/mol. The number of pyridine rings is 1. The number of aryl methyl sites for hydroxylation is 2. The third kappa shape index (κ3) is 3.60. The van der Waals surface area contributed by atoms with Crippen LogP contribution >= 0.6 is 0 Å². The molecule has 3 heterocycles. The maximum Gasteiger partial charge on any atom is 0.224 e. The molecule has 6 heteroatoms. The van der Waals surface area contributed by atoms with Crippen LogP contribution in [0.4, 0.5) is 5.69 Å². The zero-order valence-corrected chi connectivity index (χ0v) is 15.3. The Kier molecular flexibility index (Phi) is 4.46. The molecule has 0 aliphatic carbocycles. The second-order valence-electron chi connectivity index (χ2n) is 6.52. The van der Waals surface area contributed by atoms with Crippen LogP contribution in [0.15, 0.2) is 59.4 Å². The summed E-state index contributed by atoms with van der Waals surface area (Å²) < 4.78 is 7.12. The van der Waals surface area contributed by atoms with Crippen LogP contribution in [0.2, 0.25) is 0 Å². The summed E-state index contributed by atoms with van der Waals surface area (Å²) in [5.41, 5.74) is 5.44. The number of amides is 1. The van der Waals surface area contributed by atoms with Crippen molar-refractivity contribution < 1.29 is 9.32 Å². The number of nitrogens with one attached hydrogen (secondary N) is 1. The number of carbonyl (C=O) groups excluding carboxylic acids is 1. The van der Waals surface area contributed by atoms with Gasteiger partial charge in [-0.1, -0.05) is 23.4 Å². The first-order valence-corrected chi connectivity index (χ1v) is 8.86. The quantitative estimate of drug-likeness (QED) is 0.579. The van der Waals surface area contributed by atoms with Gasteiger partial charge in [0, 0.05) is 35.6 Å². The van der Waals surface area contributed by atoms with Gasteiger partial charge in [-0.25, -0.2) is 4.98 Å². The van der Waals surface area contributed by atoms with Crippen molar-refractivity contribution in [1.29, 1.82) is 0 Å². The number of aromatic nitrogens is 3. The van der Waals surface area contributed by atoms with Gasteiger partial charge in [-0.15, -0.1) is 0 Å². The Hall–Kier alpha value is -3.41. The first kappa shape index (κ1) is 17.0. The van der Waals surface area contributed by atoms with Gasteiger partial charge in [0.1, 0.15) is 11.4 Å². The van der Waals surface area contributed by atoms with Crippen LogP contribution < -0.4 is 5.32 Å². The molecule has 1 amide bonds. The van der Waals surface area contributed by atoms with Crippen molar-refractivity contribution in [2.45, 2.75) is 26.7 Å². The van der Waals surface area contributed by atoms with Gasteiger partial charge in [0.25, 0.3) is 0 Å². The third-order valence-electron chi connectivity index (χ3n) is 4.61. The van der Waals surface area contributed by atoms with E-state index in [0.717, 1.165) is 39.6 Å². The molecule has 3 aromatic heterocycles. The van der Waals surface area contributed by atoms with Crippen LogP contribution in [0.3, 0.4) is 0 Å². The van der Waals surface area contributed by atoms with Crippen LogP contribution in [0.5, 0.6) is 0 Å². The highest BCUT2D eigenvalue weighted by atomic mass is 16.5. The summed E-state index contributed by atoms with van der Waals surface area (Å²) in [5, 5.41) is 6.85. The molecule has 1 aromatic carbocycles. The SMILES string of the molecule is Cc1noc(C)c1CCC(=O)Nc1ccc(-c2cn3ccccc3n2)cc1. The molecule has 0 saturated heterocycles. The minimum Gasteiger partial charge on any atom is -0.361 e. The Morgan fingerprint density at radius 3 is 2.67 bits per heavy atom. The van der Waals surface area contributed by atoms with Gasteiger partial charge >= 0.3 is 0 Å². The van der Waals surface area contributed by atoms with Crippen molar-refractivity contribution in [1.82, 2.24) is 14.5 Å². The van der Waals surface area contributed by atoms with E-state index < -0.39 is 0 Å². The number of anilines is 1. The molecule has 6 nitrogen and oxygen atoms in total. The van der Waals surface area contributed by atoms with Crippen molar-refractivity contribution >= 4 is 17.2 Å². The lowest BCUT2D eigenvalue weighted by Crippen LogP contribution is -2.12. The zero-order valence-electron chi connectivity index (χ0n) is 15.3. The largest absolute Gasteiger partial charge is 0.361 e. The molecule has 0 radical (unpaired) electrons. The lowest BCUT2D eigenvalue weighted by atomic mass is 10.1. The number of fused-ring (bicyclic) bond motifs is 1. The summed E-state index contributed by atoms with van der Waals surface area (Å²) >= 11 is 0. The van der Waals surface area contributed by atoms with Crippen molar-refractivity contribution in [3.63, 3.8) is 0 Å². The highest BCUT2D eigenvalue weighted by Gasteiger charge is 2.11. The van der Waals surface area contributed by atoms with Crippen LogP contribution in [-0.4, -0.2) is 20.4 Å². The fraction of sp³-hybridized carbons (Fsp3) is 0.190. The number of hydrogen-bond donors (Lipinski definition) is 1. The molecule has 4 rings (SSSR count). The van der Waals surface area contributed by atoms with E-state index in [-0.39, 0.29) is 5.91 Å². The van der Waals surface area contributed by atoms with Gasteiger partial charge in [-0.3, -0.25) is 4.79 Å². The molecule has 0 atom stereocenters. The second-order valence-corrected chi connectivity index (χ2v) is 6.52. The predicted octanol–water partition coefficient (Wildman–Crippen LogP) is 4.18. The first-order chi connectivity index (χ1) is 13.1. The van der Waals surface area contributed by atoms with Gasteiger partial charge in [-0.2, -0.15) is 0 Å². The van der Waals surface area contributed by atoms with E-state index in [1.54, 1.807) is 0 Å². The second kappa shape index (κ2) is 7.07. The smallest absolute Gasteiger partial charge is 0.224 e. The molecule has 0 bridgehead atoms. The van der Waals surface area contributed by atoms with Crippen LogP contribution in [-0.2, 0) is 11.2 Å². The van der Waals surface area contributed by atoms with E-state index in [1.165, 1.54) is 0 Å². The Balaban J connectivity index is 1.40. The summed E-state index contributed by atoms with van der Waals surface area (Å²) in [6, 6.07) is 13.6. The van der Waals surface area contributed by atoms with E-state index in [4.69, 9.17) is 4.52 Å². The molecule has 0 spiro atoms. The summed E-state index contributed by atoms with van der Waals surface area (Å²) in [5.74, 6) is 0.743. The third-order valence-corrected chi connectivity index (χ3v) is 4.61. The van der Waals surface area contributed by atoms with Crippen molar-refractivity contribution in [3.05, 3.63) is 71.9 Å². The Morgan fingerprint density at radius 2 is 1.96 bits per heavy atom. The van der Waals surface area contributed by atoms with E-state index in [1.807, 2.05) is 73.1 Å². The fourth-order valence-electron chi connectivity index (χ4n) is 3.12. The number of rotatable bonds is 5. The number of imidazole rings is 1. The molecular weight excluding hydrogens is 340 g/mol. The van der Waals surface area contributed by atoms with E-state index in [9.17, 15) is 4.79 Å². The van der Waals surface area contributed by atoms with Crippen molar-refractivity contribution in [2.24, 2.45) is 0 Å². The minimum absolute atomic E-state index is 0.0320. The number of benzene rings is 1. The molecule has 27 heavy (non-hydrogen) atoms. The highest BCUT2D eigenvalue weighted by molar-refractivity contribution is 5.91. The summed E-state index contributed by atoms with van der Waals surface area (Å²) in [7, 11) is 0. The fourth-order valence-corrected chi connectivity index (χ4v) is 3.12. The highest BCUT2D eigenvalue weighted by Crippen LogP contribution is 2.21. The normalized spacial score (nSPS) is 11.0. The van der Waals surface area contributed by atoms with Crippen LogP contribution in [0.1, 0.15) is 23.4 Å². The van der Waals surface area contributed by atoms with Gasteiger partial charge in [-0.05, 0) is 44.5 Å². The zero-order chi connectivity index (χ0) is 18.8. The molecule has 0 fully saturated rings. The molecule has 0 saturated carbocycles. The average Bonchev–Trinajstić information content (AvgIpc) is 3.24. The minimum atomic E-state index is -0.0320. The molecule has 0 unspecified atom stereocenters. The monoisotopic (exact) mass is 360 g/mol. The number of carbonyl (C=O) groups is 1. The standard InChI is InChI=1S/C21H20N4O2/c1-14-18(15(2)27-24-14)10-11-21(26)22-17-8-6-16(7-9-17)19-13-25-12-4-3-5-20(25)23-19/h3-9,12-13H,10-11H2,1-2H3,(H,22,26). The summed E-state index contributed by atoms with van der Waals surface area (Å²) in [6.07, 6.45) is 4.97. The predicted molar refractivity (Wildman–Crippen MR) is 104 cm³/mol. The van der Waals surface area contributed by atoms with E-state index >= 15 is 0 Å². The van der Waals surface area contributed by atoms with Gasteiger partial charge in [0.05, 0.1) is 11.4 Å². The topological polar surface area (TPSA) is 72.4 Å². The Labute approximate surface area is 156 Å². The molecule has 0 aliphatic heterocycles. The van der Waals surface area contributed by atoms with Gasteiger partial charge in [0.15, 0.2) is 0 Å². The molecule has 136 valence electrons. The van der Waals surface area contributed by atoms with Gasteiger partial charge in [0.2, 0.25) is 5.91 Å². The summed E-state index contributed by atoms with van der Waals surface area (Å²) in [6.45, 7) is 3.76. The molecular formula is C21H20N4O2. The van der Waals surface area contributed by atoms with Gasteiger partial charge < -0.3 is 14.2 Å². The van der Waals surface area contributed by atoms with Crippen LogP contribution in [0.25, 0.3) is 16.9 Å². The Bertz CT molecular complexity index is 1040.